The Labute approximate surface area is 146 Å². The molecule has 1 atom stereocenters. The van der Waals surface area contributed by atoms with Gasteiger partial charge in [-0.1, -0.05) is 23.8 Å². The number of hydrogen-bond acceptors (Lipinski definition) is 4. The van der Waals surface area contributed by atoms with Gasteiger partial charge in [-0.3, -0.25) is 9.59 Å². The highest BCUT2D eigenvalue weighted by Crippen LogP contribution is 2.22. The predicted octanol–water partition coefficient (Wildman–Crippen LogP) is 2.21. The van der Waals surface area contributed by atoms with E-state index in [0.29, 0.717) is 12.1 Å². The summed E-state index contributed by atoms with van der Waals surface area (Å²) in [6.45, 7) is 2.44. The minimum absolute atomic E-state index is 0.0305. The largest absolute Gasteiger partial charge is 0.353 e. The minimum Gasteiger partial charge on any atom is -0.353 e. The number of nitrogens with zero attached hydrogens (tertiary/aromatic N) is 1. The number of benzene rings is 1. The van der Waals surface area contributed by atoms with E-state index >= 15 is 0 Å². The summed E-state index contributed by atoms with van der Waals surface area (Å²) in [6.07, 6.45) is 0. The third-order valence-corrected chi connectivity index (χ3v) is 4.68. The Bertz CT molecular complexity index is 666. The second kappa shape index (κ2) is 8.61. The summed E-state index contributed by atoms with van der Waals surface area (Å²) in [7, 11) is 3.96. The number of carbonyl (C=O) groups excluding carboxylic acids is 2. The van der Waals surface area contributed by atoms with Crippen LogP contribution in [0.4, 0.5) is 0 Å². The first-order valence-electron chi connectivity index (χ1n) is 7.78. The number of aryl methyl sites for hydroxylation is 1. The zero-order valence-electron chi connectivity index (χ0n) is 14.2. The highest BCUT2D eigenvalue weighted by molar-refractivity contribution is 7.10. The van der Waals surface area contributed by atoms with Gasteiger partial charge in [-0.2, -0.15) is 0 Å². The Morgan fingerprint density at radius 1 is 1.12 bits per heavy atom. The van der Waals surface area contributed by atoms with E-state index in [9.17, 15) is 9.59 Å². The van der Waals surface area contributed by atoms with Gasteiger partial charge in [-0.25, -0.2) is 0 Å². The molecular weight excluding hydrogens is 322 g/mol. The van der Waals surface area contributed by atoms with Gasteiger partial charge in [-0.05, 0) is 44.6 Å². The van der Waals surface area contributed by atoms with Crippen LogP contribution in [0.3, 0.4) is 0 Å². The van der Waals surface area contributed by atoms with Crippen LogP contribution in [0.15, 0.2) is 41.8 Å². The molecule has 0 bridgehead atoms. The van der Waals surface area contributed by atoms with Crippen LogP contribution >= 0.6 is 11.3 Å². The lowest BCUT2D eigenvalue weighted by Gasteiger charge is -2.23. The average Bonchev–Trinajstić information content (AvgIpc) is 3.07. The molecule has 6 heteroatoms. The van der Waals surface area contributed by atoms with Crippen LogP contribution in [-0.2, 0) is 4.79 Å². The molecule has 2 aromatic rings. The van der Waals surface area contributed by atoms with Crippen molar-refractivity contribution in [2.75, 3.05) is 27.2 Å². The van der Waals surface area contributed by atoms with Crippen LogP contribution in [0.25, 0.3) is 0 Å². The summed E-state index contributed by atoms with van der Waals surface area (Å²) in [4.78, 5) is 27.2. The Hall–Kier alpha value is -2.18. The van der Waals surface area contributed by atoms with Gasteiger partial charge in [0.2, 0.25) is 5.91 Å². The molecule has 0 aliphatic heterocycles. The first kappa shape index (κ1) is 18.2. The second-order valence-electron chi connectivity index (χ2n) is 5.85. The van der Waals surface area contributed by atoms with E-state index in [1.807, 2.05) is 44.6 Å². The normalized spacial score (nSPS) is 12.0. The Balaban J connectivity index is 1.80. The fraction of sp³-hybridized carbons (Fsp3) is 0.333. The minimum atomic E-state index is -0.243. The van der Waals surface area contributed by atoms with E-state index in [2.05, 4.69) is 21.6 Å². The standard InChI is InChI=1S/C18H23N3O2S/c1-13-6-8-14(9-7-13)18(23)20-12-17(22)19-11-15(21(2)3)16-5-4-10-24-16/h4-10,15H,11-12H2,1-3H3,(H,19,22)(H,20,23). The number of nitrogens with one attached hydrogen (secondary N) is 2. The number of likely N-dealkylation sites (N-methyl/N-ethyl adjacent to an activating group) is 1. The van der Waals surface area contributed by atoms with Crippen LogP contribution in [0, 0.1) is 6.92 Å². The molecule has 128 valence electrons. The Kier molecular flexibility index (Phi) is 6.52. The summed E-state index contributed by atoms with van der Waals surface area (Å²) in [5.74, 6) is -0.438. The van der Waals surface area contributed by atoms with Gasteiger partial charge >= 0.3 is 0 Å². The van der Waals surface area contributed by atoms with Gasteiger partial charge in [-0.15, -0.1) is 11.3 Å². The topological polar surface area (TPSA) is 61.4 Å². The van der Waals surface area contributed by atoms with Crippen LogP contribution in [0.1, 0.15) is 26.8 Å². The lowest BCUT2D eigenvalue weighted by atomic mass is 10.1. The van der Waals surface area contributed by atoms with Crippen molar-refractivity contribution >= 4 is 23.2 Å². The zero-order valence-corrected chi connectivity index (χ0v) is 15.0. The van der Waals surface area contributed by atoms with Gasteiger partial charge in [0.15, 0.2) is 0 Å². The van der Waals surface area contributed by atoms with Crippen molar-refractivity contribution in [3.8, 4) is 0 Å². The molecule has 0 saturated carbocycles. The fourth-order valence-corrected chi connectivity index (χ4v) is 3.18. The first-order valence-corrected chi connectivity index (χ1v) is 8.66. The maximum Gasteiger partial charge on any atom is 0.251 e. The molecule has 1 unspecified atom stereocenters. The van der Waals surface area contributed by atoms with Crippen molar-refractivity contribution in [3.05, 3.63) is 57.8 Å². The van der Waals surface area contributed by atoms with E-state index < -0.39 is 0 Å². The fourth-order valence-electron chi connectivity index (χ4n) is 2.26. The van der Waals surface area contributed by atoms with E-state index in [-0.39, 0.29) is 24.4 Å². The summed E-state index contributed by atoms with van der Waals surface area (Å²) in [6, 6.07) is 11.4. The monoisotopic (exact) mass is 345 g/mol. The molecule has 1 aromatic carbocycles. The van der Waals surface area contributed by atoms with E-state index in [1.165, 1.54) is 4.88 Å². The molecule has 0 spiro atoms. The third kappa shape index (κ3) is 5.18. The van der Waals surface area contributed by atoms with E-state index in [1.54, 1.807) is 23.5 Å². The molecule has 0 saturated heterocycles. The van der Waals surface area contributed by atoms with Crippen molar-refractivity contribution in [1.82, 2.24) is 15.5 Å². The number of rotatable bonds is 7. The number of amides is 2. The molecule has 2 N–H and O–H groups in total. The Morgan fingerprint density at radius 3 is 2.42 bits per heavy atom. The molecule has 0 radical (unpaired) electrons. The van der Waals surface area contributed by atoms with Gasteiger partial charge in [0.1, 0.15) is 0 Å². The SMILES string of the molecule is Cc1ccc(C(=O)NCC(=O)NCC(c2cccs2)N(C)C)cc1. The lowest BCUT2D eigenvalue weighted by molar-refractivity contribution is -0.120. The molecule has 0 fully saturated rings. The summed E-state index contributed by atoms with van der Waals surface area (Å²) < 4.78 is 0. The molecule has 0 aliphatic carbocycles. The third-order valence-electron chi connectivity index (χ3n) is 3.71. The number of thiophene rings is 1. The molecule has 2 amide bonds. The van der Waals surface area contributed by atoms with E-state index in [4.69, 9.17) is 0 Å². The summed E-state index contributed by atoms with van der Waals surface area (Å²) in [5.41, 5.74) is 1.64. The van der Waals surface area contributed by atoms with Crippen LogP contribution in [-0.4, -0.2) is 43.9 Å². The van der Waals surface area contributed by atoms with Gasteiger partial charge in [0, 0.05) is 17.0 Å². The van der Waals surface area contributed by atoms with Gasteiger partial charge < -0.3 is 15.5 Å². The van der Waals surface area contributed by atoms with Crippen molar-refractivity contribution in [3.63, 3.8) is 0 Å². The zero-order chi connectivity index (χ0) is 17.5. The highest BCUT2D eigenvalue weighted by atomic mass is 32.1. The predicted molar refractivity (Wildman–Crippen MR) is 97.3 cm³/mol. The highest BCUT2D eigenvalue weighted by Gasteiger charge is 2.16. The van der Waals surface area contributed by atoms with Crippen LogP contribution in [0.5, 0.6) is 0 Å². The number of hydrogen-bond donors (Lipinski definition) is 2. The van der Waals surface area contributed by atoms with Gasteiger partial charge in [0.05, 0.1) is 12.6 Å². The van der Waals surface area contributed by atoms with Gasteiger partial charge in [0.25, 0.3) is 5.91 Å². The first-order chi connectivity index (χ1) is 11.5. The maximum absolute atomic E-state index is 12.0. The second-order valence-corrected chi connectivity index (χ2v) is 6.83. The summed E-state index contributed by atoms with van der Waals surface area (Å²) in [5, 5.41) is 7.55. The van der Waals surface area contributed by atoms with Crippen molar-refractivity contribution < 1.29 is 9.59 Å². The lowest BCUT2D eigenvalue weighted by Crippen LogP contribution is -2.40. The Morgan fingerprint density at radius 2 is 1.83 bits per heavy atom. The van der Waals surface area contributed by atoms with Crippen molar-refractivity contribution in [2.45, 2.75) is 13.0 Å². The number of carbonyl (C=O) groups is 2. The van der Waals surface area contributed by atoms with Crippen LogP contribution < -0.4 is 10.6 Å². The van der Waals surface area contributed by atoms with Crippen molar-refractivity contribution in [2.24, 2.45) is 0 Å². The molecule has 0 aliphatic rings. The molecule has 1 heterocycles. The molecule has 1 aromatic heterocycles. The summed E-state index contributed by atoms with van der Waals surface area (Å²) >= 11 is 1.66. The van der Waals surface area contributed by atoms with Crippen molar-refractivity contribution in [1.29, 1.82) is 0 Å². The molecule has 24 heavy (non-hydrogen) atoms. The molecule has 5 nitrogen and oxygen atoms in total. The smallest absolute Gasteiger partial charge is 0.251 e. The maximum atomic E-state index is 12.0. The average molecular weight is 345 g/mol. The van der Waals surface area contributed by atoms with Crippen LogP contribution in [0.2, 0.25) is 0 Å². The van der Waals surface area contributed by atoms with E-state index in [0.717, 1.165) is 5.56 Å². The molecular formula is C18H23N3O2S. The molecule has 2 rings (SSSR count). The quantitative estimate of drug-likeness (QED) is 0.809.